The number of fused-ring (bicyclic) bond motifs is 3. The Hall–Kier alpha value is -4.12. The van der Waals surface area contributed by atoms with Gasteiger partial charge in [0.2, 0.25) is 11.9 Å². The number of rotatable bonds is 7. The molecule has 0 spiro atoms. The Balaban J connectivity index is 0.858. The van der Waals surface area contributed by atoms with E-state index in [0.717, 1.165) is 77.3 Å². The Morgan fingerprint density at radius 1 is 0.959 bits per heavy atom. The van der Waals surface area contributed by atoms with Crippen LogP contribution < -0.4 is 10.2 Å². The van der Waals surface area contributed by atoms with Crippen LogP contribution in [0.25, 0.3) is 5.65 Å². The van der Waals surface area contributed by atoms with E-state index in [2.05, 4.69) is 25.3 Å². The van der Waals surface area contributed by atoms with Crippen molar-refractivity contribution in [1.29, 1.82) is 0 Å². The average molecular weight is 686 g/mol. The van der Waals surface area contributed by atoms with E-state index in [1.54, 1.807) is 26.5 Å². The third kappa shape index (κ3) is 6.61. The molecule has 0 aromatic carbocycles. The summed E-state index contributed by atoms with van der Waals surface area (Å²) in [6, 6.07) is 3.43. The maximum atomic E-state index is 13.2. The Labute approximate surface area is 281 Å². The topological polar surface area (TPSA) is 120 Å². The van der Waals surface area contributed by atoms with Crippen LogP contribution in [0.4, 0.5) is 35.3 Å². The summed E-state index contributed by atoms with van der Waals surface area (Å²) in [5, 5.41) is 12.2. The number of hydrogen-bond acceptors (Lipinski definition) is 9. The van der Waals surface area contributed by atoms with Gasteiger partial charge in [0.1, 0.15) is 6.54 Å². The van der Waals surface area contributed by atoms with E-state index in [1.807, 2.05) is 23.2 Å². The number of nitrogens with zero attached hydrogens (tertiary/aromatic N) is 10. The molecule has 5 saturated heterocycles. The standard InChI is InChI=1S/C32H42F3N11O3/c33-32(34,35)23-16-43(17-23)31(48)46-25-3-4-26(46)20-42(19-25)27-2-1-7-45-29(27)38-30(39-45)37-24-14-36-44(18-24)21-28(47)41-8-5-22(6-9-41)15-40-10-12-49-13-11-40/h1-2,7,14,18,22-23,25-26H,3-6,8-13,15-17,19-21H2,(H,37,39). The number of hydrogen-bond donors (Lipinski definition) is 1. The summed E-state index contributed by atoms with van der Waals surface area (Å²) < 4.78 is 47.8. The third-order valence-corrected chi connectivity index (χ3v) is 10.8. The van der Waals surface area contributed by atoms with Gasteiger partial charge in [-0.2, -0.15) is 23.3 Å². The van der Waals surface area contributed by atoms with Crippen molar-refractivity contribution in [3.8, 4) is 0 Å². The fourth-order valence-corrected chi connectivity index (χ4v) is 8.01. The summed E-state index contributed by atoms with van der Waals surface area (Å²) in [6.07, 6.45) is 4.62. The van der Waals surface area contributed by atoms with Crippen molar-refractivity contribution < 1.29 is 27.5 Å². The number of amides is 3. The second-order valence-corrected chi connectivity index (χ2v) is 14.0. The molecular weight excluding hydrogens is 643 g/mol. The van der Waals surface area contributed by atoms with Gasteiger partial charge in [0.15, 0.2) is 5.65 Å². The lowest BCUT2D eigenvalue weighted by Gasteiger charge is -2.47. The zero-order chi connectivity index (χ0) is 33.7. The Kier molecular flexibility index (Phi) is 8.50. The fourth-order valence-electron chi connectivity index (χ4n) is 8.01. The molecule has 8 heterocycles. The van der Waals surface area contributed by atoms with Crippen LogP contribution in [0, 0.1) is 11.8 Å². The lowest BCUT2D eigenvalue weighted by molar-refractivity contribution is -0.203. The second-order valence-electron chi connectivity index (χ2n) is 14.0. The number of ether oxygens (including phenoxy) is 1. The number of alkyl halides is 3. The smallest absolute Gasteiger partial charge is 0.379 e. The van der Waals surface area contributed by atoms with Gasteiger partial charge in [-0.1, -0.05) is 0 Å². The van der Waals surface area contributed by atoms with E-state index in [1.165, 1.54) is 4.90 Å². The van der Waals surface area contributed by atoms with E-state index in [0.29, 0.717) is 36.3 Å². The quantitative estimate of drug-likeness (QED) is 0.400. The van der Waals surface area contributed by atoms with Crippen molar-refractivity contribution in [2.45, 2.75) is 50.5 Å². The first kappa shape index (κ1) is 32.1. The number of carbonyl (C=O) groups is 2. The van der Waals surface area contributed by atoms with Crippen molar-refractivity contribution >= 4 is 34.9 Å². The molecule has 264 valence electrons. The van der Waals surface area contributed by atoms with Crippen molar-refractivity contribution in [3.63, 3.8) is 0 Å². The fraction of sp³-hybridized carbons (Fsp3) is 0.656. The number of halogens is 3. The number of piperazine rings is 1. The van der Waals surface area contributed by atoms with E-state index in [4.69, 9.17) is 9.72 Å². The summed E-state index contributed by atoms with van der Waals surface area (Å²) in [6.45, 7) is 6.97. The minimum Gasteiger partial charge on any atom is -0.379 e. The third-order valence-electron chi connectivity index (χ3n) is 10.8. The number of urea groups is 1. The van der Waals surface area contributed by atoms with Crippen LogP contribution in [0.15, 0.2) is 30.7 Å². The van der Waals surface area contributed by atoms with Gasteiger partial charge in [-0.05, 0) is 43.7 Å². The molecule has 0 radical (unpaired) electrons. The molecular formula is C32H42F3N11O3. The highest BCUT2D eigenvalue weighted by atomic mass is 19.4. The number of pyridine rings is 1. The Morgan fingerprint density at radius 2 is 1.69 bits per heavy atom. The van der Waals surface area contributed by atoms with Gasteiger partial charge in [-0.25, -0.2) is 9.31 Å². The van der Waals surface area contributed by atoms with Crippen LogP contribution in [-0.4, -0.2) is 146 Å². The van der Waals surface area contributed by atoms with Crippen LogP contribution in [0.5, 0.6) is 0 Å². The maximum Gasteiger partial charge on any atom is 0.395 e. The molecule has 1 N–H and O–H groups in total. The van der Waals surface area contributed by atoms with E-state index < -0.39 is 12.1 Å². The van der Waals surface area contributed by atoms with Gasteiger partial charge < -0.3 is 29.7 Å². The number of morpholine rings is 1. The SMILES string of the molecule is O=C(Cn1cc(Nc2nc3c(N4CC5CCC(C4)N5C(=O)N4CC(C(F)(F)F)C4)cccn3n2)cn1)N1CCC(CN2CCOCC2)CC1. The lowest BCUT2D eigenvalue weighted by Crippen LogP contribution is -2.64. The number of anilines is 3. The molecule has 3 amide bonds. The summed E-state index contributed by atoms with van der Waals surface area (Å²) in [7, 11) is 0. The highest BCUT2D eigenvalue weighted by molar-refractivity contribution is 5.78. The maximum absolute atomic E-state index is 13.2. The average Bonchev–Trinajstić information content (AvgIpc) is 3.75. The summed E-state index contributed by atoms with van der Waals surface area (Å²) >= 11 is 0. The highest BCUT2D eigenvalue weighted by Gasteiger charge is 2.52. The van der Waals surface area contributed by atoms with Crippen LogP contribution in [0.3, 0.4) is 0 Å². The van der Waals surface area contributed by atoms with Crippen molar-refractivity contribution in [3.05, 3.63) is 30.7 Å². The molecule has 3 aromatic heterocycles. The second kappa shape index (κ2) is 13.0. The normalized spacial score (nSPS) is 24.1. The molecule has 14 nitrogen and oxygen atoms in total. The highest BCUT2D eigenvalue weighted by Crippen LogP contribution is 2.38. The molecule has 5 aliphatic rings. The van der Waals surface area contributed by atoms with Gasteiger partial charge >= 0.3 is 12.2 Å². The molecule has 0 aliphatic carbocycles. The summed E-state index contributed by atoms with van der Waals surface area (Å²) in [5.74, 6) is -0.381. The first-order valence-electron chi connectivity index (χ1n) is 17.3. The monoisotopic (exact) mass is 685 g/mol. The minimum atomic E-state index is -4.26. The molecule has 17 heteroatoms. The number of carbonyl (C=O) groups excluding carboxylic acids is 2. The number of likely N-dealkylation sites (tertiary alicyclic amines) is 2. The van der Waals surface area contributed by atoms with E-state index >= 15 is 0 Å². The van der Waals surface area contributed by atoms with Gasteiger partial charge in [-0.3, -0.25) is 14.4 Å². The number of piperidine rings is 1. The predicted molar refractivity (Wildman–Crippen MR) is 172 cm³/mol. The van der Waals surface area contributed by atoms with Gasteiger partial charge in [0.25, 0.3) is 0 Å². The molecule has 5 fully saturated rings. The molecule has 2 atom stereocenters. The molecule has 49 heavy (non-hydrogen) atoms. The van der Waals surface area contributed by atoms with Crippen LogP contribution in [0.2, 0.25) is 0 Å². The van der Waals surface area contributed by atoms with E-state index in [-0.39, 0.29) is 43.7 Å². The lowest BCUT2D eigenvalue weighted by atomic mass is 9.96. The van der Waals surface area contributed by atoms with Crippen molar-refractivity contribution in [2.24, 2.45) is 11.8 Å². The molecule has 5 aliphatic heterocycles. The molecule has 8 rings (SSSR count). The largest absolute Gasteiger partial charge is 0.395 e. The van der Waals surface area contributed by atoms with Crippen LogP contribution in [-0.2, 0) is 16.1 Å². The first-order chi connectivity index (χ1) is 23.7. The number of aromatic nitrogens is 5. The predicted octanol–water partition coefficient (Wildman–Crippen LogP) is 2.51. The molecule has 2 unspecified atom stereocenters. The van der Waals surface area contributed by atoms with E-state index in [9.17, 15) is 22.8 Å². The van der Waals surface area contributed by atoms with Gasteiger partial charge in [0.05, 0.1) is 48.8 Å². The number of nitrogens with one attached hydrogen (secondary N) is 1. The summed E-state index contributed by atoms with van der Waals surface area (Å²) in [4.78, 5) is 40.7. The van der Waals surface area contributed by atoms with Gasteiger partial charge in [0, 0.05) is 71.3 Å². The first-order valence-corrected chi connectivity index (χ1v) is 17.3. The Bertz CT molecular complexity index is 1650. The van der Waals surface area contributed by atoms with Crippen molar-refractivity contribution in [1.82, 2.24) is 44.0 Å². The Morgan fingerprint density at radius 3 is 2.41 bits per heavy atom. The molecule has 2 bridgehead atoms. The van der Waals surface area contributed by atoms with Crippen LogP contribution in [0.1, 0.15) is 25.7 Å². The molecule has 0 saturated carbocycles. The minimum absolute atomic E-state index is 0.0566. The molecule has 3 aromatic rings. The summed E-state index contributed by atoms with van der Waals surface area (Å²) in [5.41, 5.74) is 2.20. The van der Waals surface area contributed by atoms with Crippen LogP contribution >= 0.6 is 0 Å². The zero-order valence-corrected chi connectivity index (χ0v) is 27.3. The zero-order valence-electron chi connectivity index (χ0n) is 27.3. The van der Waals surface area contributed by atoms with Crippen molar-refractivity contribution in [2.75, 3.05) is 82.3 Å². The van der Waals surface area contributed by atoms with Gasteiger partial charge in [-0.15, -0.1) is 5.10 Å².